The standard InChI is InChI=1S/C11H21N3O2/c1-8(2)7-9-10(15)14(11(16)13-9)6-4-3-5-12/h8-9H,3-7,12H2,1-2H3,(H,13,16). The van der Waals surface area contributed by atoms with Gasteiger partial charge in [0.2, 0.25) is 0 Å². The zero-order valence-electron chi connectivity index (χ0n) is 10.0. The van der Waals surface area contributed by atoms with E-state index in [9.17, 15) is 9.59 Å². The van der Waals surface area contributed by atoms with Crippen molar-refractivity contribution in [1.29, 1.82) is 0 Å². The number of hydrogen-bond acceptors (Lipinski definition) is 3. The smallest absolute Gasteiger partial charge is 0.324 e. The fourth-order valence-corrected chi connectivity index (χ4v) is 1.83. The molecule has 0 aliphatic carbocycles. The molecule has 1 aliphatic rings. The molecular weight excluding hydrogens is 206 g/mol. The second-order valence-electron chi connectivity index (χ2n) is 4.62. The van der Waals surface area contributed by atoms with E-state index in [1.165, 1.54) is 4.90 Å². The number of urea groups is 1. The summed E-state index contributed by atoms with van der Waals surface area (Å²) in [7, 11) is 0. The van der Waals surface area contributed by atoms with Gasteiger partial charge in [0, 0.05) is 6.54 Å². The van der Waals surface area contributed by atoms with Gasteiger partial charge in [0.05, 0.1) is 0 Å². The molecule has 0 aromatic heterocycles. The Hall–Kier alpha value is -1.10. The van der Waals surface area contributed by atoms with Crippen LogP contribution < -0.4 is 11.1 Å². The van der Waals surface area contributed by atoms with Gasteiger partial charge in [-0.2, -0.15) is 0 Å². The molecule has 0 bridgehead atoms. The molecule has 1 heterocycles. The van der Waals surface area contributed by atoms with Crippen molar-refractivity contribution in [2.45, 2.75) is 39.2 Å². The van der Waals surface area contributed by atoms with Gasteiger partial charge in [-0.3, -0.25) is 9.69 Å². The van der Waals surface area contributed by atoms with E-state index in [4.69, 9.17) is 5.73 Å². The zero-order valence-corrected chi connectivity index (χ0v) is 10.0. The molecular formula is C11H21N3O2. The topological polar surface area (TPSA) is 75.4 Å². The molecule has 1 atom stereocenters. The van der Waals surface area contributed by atoms with Crippen LogP contribution in [-0.4, -0.2) is 36.0 Å². The number of unbranched alkanes of at least 4 members (excludes halogenated alkanes) is 1. The van der Waals surface area contributed by atoms with Gasteiger partial charge >= 0.3 is 6.03 Å². The van der Waals surface area contributed by atoms with Crippen molar-refractivity contribution in [3.8, 4) is 0 Å². The van der Waals surface area contributed by atoms with Crippen LogP contribution in [0.4, 0.5) is 4.79 Å². The van der Waals surface area contributed by atoms with E-state index >= 15 is 0 Å². The van der Waals surface area contributed by atoms with E-state index in [-0.39, 0.29) is 18.0 Å². The fraction of sp³-hybridized carbons (Fsp3) is 0.818. The SMILES string of the molecule is CC(C)CC1NC(=O)N(CCCCN)C1=O. The number of hydrogen-bond donors (Lipinski definition) is 2. The van der Waals surface area contributed by atoms with Crippen LogP contribution >= 0.6 is 0 Å². The average molecular weight is 227 g/mol. The highest BCUT2D eigenvalue weighted by molar-refractivity contribution is 6.04. The Morgan fingerprint density at radius 3 is 2.62 bits per heavy atom. The van der Waals surface area contributed by atoms with E-state index in [1.54, 1.807) is 0 Å². The lowest BCUT2D eigenvalue weighted by molar-refractivity contribution is -0.127. The molecule has 5 heteroatoms. The van der Waals surface area contributed by atoms with Crippen molar-refractivity contribution in [3.63, 3.8) is 0 Å². The van der Waals surface area contributed by atoms with Crippen molar-refractivity contribution < 1.29 is 9.59 Å². The highest BCUT2D eigenvalue weighted by Crippen LogP contribution is 2.14. The molecule has 0 spiro atoms. The van der Waals surface area contributed by atoms with Gasteiger partial charge in [-0.1, -0.05) is 13.8 Å². The normalized spacial score (nSPS) is 20.8. The lowest BCUT2D eigenvalue weighted by Crippen LogP contribution is -2.33. The van der Waals surface area contributed by atoms with Gasteiger partial charge in [0.15, 0.2) is 0 Å². The molecule has 3 N–H and O–H groups in total. The number of amides is 3. The summed E-state index contributed by atoms with van der Waals surface area (Å²) in [5.41, 5.74) is 5.37. The van der Waals surface area contributed by atoms with Gasteiger partial charge in [-0.05, 0) is 31.7 Å². The third kappa shape index (κ3) is 3.20. The molecule has 0 saturated carbocycles. The van der Waals surface area contributed by atoms with Crippen LogP contribution in [0.2, 0.25) is 0 Å². The van der Waals surface area contributed by atoms with Crippen LogP contribution in [0.3, 0.4) is 0 Å². The van der Waals surface area contributed by atoms with E-state index in [2.05, 4.69) is 5.32 Å². The molecule has 92 valence electrons. The van der Waals surface area contributed by atoms with Gasteiger partial charge in [-0.25, -0.2) is 4.79 Å². The molecule has 5 nitrogen and oxygen atoms in total. The summed E-state index contributed by atoms with van der Waals surface area (Å²) in [6, 6.07) is -0.585. The number of imide groups is 1. The molecule has 0 radical (unpaired) electrons. The van der Waals surface area contributed by atoms with Crippen LogP contribution in [0.15, 0.2) is 0 Å². The number of carbonyl (C=O) groups is 2. The van der Waals surface area contributed by atoms with Crippen molar-refractivity contribution in [1.82, 2.24) is 10.2 Å². The lowest BCUT2D eigenvalue weighted by Gasteiger charge is -2.13. The maximum absolute atomic E-state index is 11.9. The number of nitrogens with two attached hydrogens (primary N) is 1. The first kappa shape index (κ1) is 13.0. The van der Waals surface area contributed by atoms with Crippen molar-refractivity contribution in [3.05, 3.63) is 0 Å². The predicted molar refractivity (Wildman–Crippen MR) is 61.8 cm³/mol. The molecule has 1 saturated heterocycles. The quantitative estimate of drug-likeness (QED) is 0.518. The van der Waals surface area contributed by atoms with Crippen LogP contribution in [0.25, 0.3) is 0 Å². The second-order valence-corrected chi connectivity index (χ2v) is 4.62. The summed E-state index contributed by atoms with van der Waals surface area (Å²) in [5.74, 6) is 0.314. The minimum absolute atomic E-state index is 0.0873. The van der Waals surface area contributed by atoms with Crippen LogP contribution in [-0.2, 0) is 4.79 Å². The van der Waals surface area contributed by atoms with Crippen LogP contribution in [0.1, 0.15) is 33.1 Å². The first-order chi connectivity index (χ1) is 7.56. The van der Waals surface area contributed by atoms with Gasteiger partial charge in [0.25, 0.3) is 5.91 Å². The predicted octanol–water partition coefficient (Wildman–Crippen LogP) is 0.692. The Kier molecular flexibility index (Phi) is 4.73. The summed E-state index contributed by atoms with van der Waals surface area (Å²) < 4.78 is 0. The summed E-state index contributed by atoms with van der Waals surface area (Å²) in [4.78, 5) is 24.7. The molecule has 1 aliphatic heterocycles. The monoisotopic (exact) mass is 227 g/mol. The Bertz CT molecular complexity index is 266. The zero-order chi connectivity index (χ0) is 12.1. The summed E-state index contributed by atoms with van der Waals surface area (Å²) in [6.07, 6.45) is 2.33. The minimum atomic E-state index is -0.328. The Morgan fingerprint density at radius 1 is 1.38 bits per heavy atom. The highest BCUT2D eigenvalue weighted by atomic mass is 16.2. The Balaban J connectivity index is 2.47. The molecule has 3 amide bonds. The molecule has 1 fully saturated rings. The Labute approximate surface area is 96.4 Å². The molecule has 1 rings (SSSR count). The molecule has 1 unspecified atom stereocenters. The number of rotatable bonds is 6. The van der Waals surface area contributed by atoms with Gasteiger partial charge in [0.1, 0.15) is 6.04 Å². The maximum Gasteiger partial charge on any atom is 0.324 e. The molecule has 16 heavy (non-hydrogen) atoms. The van der Waals surface area contributed by atoms with Crippen molar-refractivity contribution in [2.75, 3.05) is 13.1 Å². The van der Waals surface area contributed by atoms with E-state index < -0.39 is 0 Å². The second kappa shape index (κ2) is 5.84. The van der Waals surface area contributed by atoms with Gasteiger partial charge < -0.3 is 11.1 Å². The van der Waals surface area contributed by atoms with E-state index in [0.29, 0.717) is 25.4 Å². The van der Waals surface area contributed by atoms with Crippen LogP contribution in [0.5, 0.6) is 0 Å². The highest BCUT2D eigenvalue weighted by Gasteiger charge is 2.37. The van der Waals surface area contributed by atoms with E-state index in [0.717, 1.165) is 12.8 Å². The third-order valence-corrected chi connectivity index (χ3v) is 2.65. The minimum Gasteiger partial charge on any atom is -0.330 e. The average Bonchev–Trinajstić information content (AvgIpc) is 2.45. The number of carbonyl (C=O) groups excluding carboxylic acids is 2. The Morgan fingerprint density at radius 2 is 2.06 bits per heavy atom. The first-order valence-corrected chi connectivity index (χ1v) is 5.88. The summed E-state index contributed by atoms with van der Waals surface area (Å²) in [6.45, 7) is 5.16. The maximum atomic E-state index is 11.9. The van der Waals surface area contributed by atoms with Crippen molar-refractivity contribution in [2.24, 2.45) is 11.7 Å². The van der Waals surface area contributed by atoms with Crippen LogP contribution in [0, 0.1) is 5.92 Å². The molecule has 0 aromatic carbocycles. The number of nitrogens with one attached hydrogen (secondary N) is 1. The fourth-order valence-electron chi connectivity index (χ4n) is 1.83. The first-order valence-electron chi connectivity index (χ1n) is 5.88. The summed E-state index contributed by atoms with van der Waals surface area (Å²) in [5, 5.41) is 2.72. The third-order valence-electron chi connectivity index (χ3n) is 2.65. The molecule has 0 aromatic rings. The largest absolute Gasteiger partial charge is 0.330 e. The van der Waals surface area contributed by atoms with E-state index in [1.807, 2.05) is 13.8 Å². The van der Waals surface area contributed by atoms with Crippen molar-refractivity contribution >= 4 is 11.9 Å². The number of nitrogens with zero attached hydrogens (tertiary/aromatic N) is 1. The summed E-state index contributed by atoms with van der Waals surface area (Å²) >= 11 is 0. The van der Waals surface area contributed by atoms with Gasteiger partial charge in [-0.15, -0.1) is 0 Å². The lowest BCUT2D eigenvalue weighted by atomic mass is 10.0.